The Labute approximate surface area is 186 Å². The number of carbonyl (C=O) groups excluding carboxylic acids is 2. The number of unbranched alkanes of at least 4 members (excludes halogenated alkanes) is 9. The van der Waals surface area contributed by atoms with Crippen LogP contribution in [0.25, 0.3) is 0 Å². The molecule has 184 valence electrons. The van der Waals surface area contributed by atoms with Gasteiger partial charge in [0.15, 0.2) is 0 Å². The van der Waals surface area contributed by atoms with E-state index in [4.69, 9.17) is 10.8 Å². The van der Waals surface area contributed by atoms with Gasteiger partial charge in [-0.2, -0.15) is 0 Å². The first-order valence-electron chi connectivity index (χ1n) is 11.5. The molecule has 2 amide bonds. The van der Waals surface area contributed by atoms with Crippen molar-refractivity contribution in [2.75, 3.05) is 20.2 Å². The lowest BCUT2D eigenvalue weighted by Crippen LogP contribution is -2.51. The van der Waals surface area contributed by atoms with E-state index in [2.05, 4.69) is 6.92 Å². The van der Waals surface area contributed by atoms with Crippen molar-refractivity contribution in [3.63, 3.8) is 0 Å². The van der Waals surface area contributed by atoms with Crippen molar-refractivity contribution in [1.29, 1.82) is 0 Å². The number of likely N-dealkylation sites (N-methyl/N-ethyl adjacent to an activating group) is 1. The molecular weight excluding hydrogens is 404 g/mol. The predicted octanol–water partition coefficient (Wildman–Crippen LogP) is 0.293. The molecule has 0 heterocycles. The van der Waals surface area contributed by atoms with Gasteiger partial charge in [0.1, 0.15) is 30.3 Å². The summed E-state index contributed by atoms with van der Waals surface area (Å²) >= 11 is 0. The van der Waals surface area contributed by atoms with Gasteiger partial charge in [-0.3, -0.25) is 9.59 Å². The summed E-state index contributed by atoms with van der Waals surface area (Å²) in [6.45, 7) is 1.04. The van der Waals surface area contributed by atoms with E-state index in [-0.39, 0.29) is 6.54 Å². The quantitative estimate of drug-likeness (QED) is 0.122. The van der Waals surface area contributed by atoms with E-state index in [9.17, 15) is 30.0 Å². The first-order chi connectivity index (χ1) is 14.7. The van der Waals surface area contributed by atoms with Crippen LogP contribution in [0, 0.1) is 5.92 Å². The molecule has 0 rings (SSSR count). The molecule has 5 unspecified atom stereocenters. The van der Waals surface area contributed by atoms with Crippen LogP contribution in [0.5, 0.6) is 0 Å². The minimum Gasteiger partial charge on any atom is -0.394 e. The van der Waals surface area contributed by atoms with Crippen LogP contribution in [0.15, 0.2) is 0 Å². The summed E-state index contributed by atoms with van der Waals surface area (Å²) in [5.41, 5.74) is 5.39. The smallest absolute Gasteiger partial charge is 0.234 e. The van der Waals surface area contributed by atoms with E-state index in [1.54, 1.807) is 0 Å². The average Bonchev–Trinajstić information content (AvgIpc) is 2.74. The Hall–Kier alpha value is -1.26. The molecule has 7 N–H and O–H groups in total. The first-order valence-corrected chi connectivity index (χ1v) is 11.5. The Morgan fingerprint density at radius 1 is 0.806 bits per heavy atom. The van der Waals surface area contributed by atoms with Gasteiger partial charge in [0.05, 0.1) is 6.61 Å². The highest BCUT2D eigenvalue weighted by atomic mass is 16.4. The van der Waals surface area contributed by atoms with Crippen molar-refractivity contribution in [1.82, 2.24) is 4.90 Å². The van der Waals surface area contributed by atoms with Gasteiger partial charge in [0.2, 0.25) is 11.8 Å². The van der Waals surface area contributed by atoms with Crippen molar-refractivity contribution < 1.29 is 35.1 Å². The van der Waals surface area contributed by atoms with Gasteiger partial charge in [-0.1, -0.05) is 71.1 Å². The Kier molecular flexibility index (Phi) is 16.6. The van der Waals surface area contributed by atoms with Crippen LogP contribution in [-0.2, 0) is 9.59 Å². The monoisotopic (exact) mass is 448 g/mol. The van der Waals surface area contributed by atoms with E-state index >= 15 is 0 Å². The van der Waals surface area contributed by atoms with Gasteiger partial charge in [0.25, 0.3) is 0 Å². The van der Waals surface area contributed by atoms with Gasteiger partial charge >= 0.3 is 0 Å². The molecular formula is C22H44N2O7. The molecule has 9 heteroatoms. The Balaban J connectivity index is 4.34. The van der Waals surface area contributed by atoms with Crippen molar-refractivity contribution in [2.24, 2.45) is 11.7 Å². The van der Waals surface area contributed by atoms with E-state index in [0.29, 0.717) is 12.8 Å². The van der Waals surface area contributed by atoms with E-state index in [1.165, 1.54) is 45.6 Å². The number of amides is 2. The van der Waals surface area contributed by atoms with Crippen LogP contribution < -0.4 is 5.73 Å². The second kappa shape index (κ2) is 17.3. The molecule has 0 aromatic heterocycles. The minimum absolute atomic E-state index is 0.319. The summed E-state index contributed by atoms with van der Waals surface area (Å²) in [6.07, 6.45) is 4.87. The molecule has 9 nitrogen and oxygen atoms in total. The number of aliphatic hydroxyl groups is 5. The molecule has 0 radical (unpaired) electrons. The summed E-state index contributed by atoms with van der Waals surface area (Å²) in [5.74, 6) is -2.32. The number of hydrogen-bond donors (Lipinski definition) is 6. The number of hydrogen-bond acceptors (Lipinski definition) is 7. The minimum atomic E-state index is -1.78. The van der Waals surface area contributed by atoms with Crippen molar-refractivity contribution in [2.45, 2.75) is 102 Å². The fourth-order valence-electron chi connectivity index (χ4n) is 3.53. The van der Waals surface area contributed by atoms with E-state index < -0.39 is 48.8 Å². The normalized spacial score (nSPS) is 16.4. The summed E-state index contributed by atoms with van der Waals surface area (Å²) in [6, 6.07) is 0. The Morgan fingerprint density at radius 3 is 1.71 bits per heavy atom. The maximum atomic E-state index is 12.6. The molecule has 0 aliphatic heterocycles. The summed E-state index contributed by atoms with van der Waals surface area (Å²) in [4.78, 5) is 25.4. The standard InChI is InChI=1S/C22H44N2O7/c1-3-4-5-6-7-8-9-10-11-12-13-16(21(23)30)22(31)24(2)14-17(26)19(28)20(29)18(27)15-25/h16-20,25-29H,3-15H2,1-2H3,(H2,23,30). The third-order valence-electron chi connectivity index (χ3n) is 5.65. The third-order valence-corrected chi connectivity index (χ3v) is 5.65. The Bertz CT molecular complexity index is 492. The molecule has 5 atom stereocenters. The van der Waals surface area contributed by atoms with Gasteiger partial charge in [0, 0.05) is 13.6 Å². The maximum absolute atomic E-state index is 12.6. The lowest BCUT2D eigenvalue weighted by molar-refractivity contribution is -0.145. The van der Waals surface area contributed by atoms with Crippen LogP contribution >= 0.6 is 0 Å². The Morgan fingerprint density at radius 2 is 1.26 bits per heavy atom. The molecule has 0 bridgehead atoms. The molecule has 0 fully saturated rings. The number of nitrogens with zero attached hydrogens (tertiary/aromatic N) is 1. The van der Waals surface area contributed by atoms with Gasteiger partial charge in [-0.15, -0.1) is 0 Å². The SMILES string of the molecule is CCCCCCCCCCCCC(C(N)=O)C(=O)N(C)CC(O)C(O)C(O)C(O)CO. The largest absolute Gasteiger partial charge is 0.394 e. The van der Waals surface area contributed by atoms with E-state index in [1.807, 2.05) is 0 Å². The predicted molar refractivity (Wildman–Crippen MR) is 118 cm³/mol. The second-order valence-electron chi connectivity index (χ2n) is 8.44. The third kappa shape index (κ3) is 12.4. The maximum Gasteiger partial charge on any atom is 0.234 e. The average molecular weight is 449 g/mol. The van der Waals surface area contributed by atoms with Crippen LogP contribution in [0.2, 0.25) is 0 Å². The lowest BCUT2D eigenvalue weighted by atomic mass is 9.97. The molecule has 0 aliphatic rings. The number of rotatable bonds is 19. The van der Waals surface area contributed by atoms with Crippen LogP contribution in [0.1, 0.15) is 77.6 Å². The highest BCUT2D eigenvalue weighted by Gasteiger charge is 2.33. The number of nitrogens with two attached hydrogens (primary N) is 1. The molecule has 31 heavy (non-hydrogen) atoms. The number of carbonyl (C=O) groups is 2. The summed E-state index contributed by atoms with van der Waals surface area (Å²) < 4.78 is 0. The molecule has 0 saturated carbocycles. The number of primary amides is 1. The molecule has 0 aromatic rings. The first kappa shape index (κ1) is 29.7. The number of aliphatic hydroxyl groups excluding tert-OH is 5. The fraction of sp³-hybridized carbons (Fsp3) is 0.909. The van der Waals surface area contributed by atoms with E-state index in [0.717, 1.165) is 24.2 Å². The summed E-state index contributed by atoms with van der Waals surface area (Å²) in [7, 11) is 1.36. The van der Waals surface area contributed by atoms with Crippen molar-refractivity contribution in [3.8, 4) is 0 Å². The topological polar surface area (TPSA) is 165 Å². The van der Waals surface area contributed by atoms with Gasteiger partial charge < -0.3 is 36.2 Å². The van der Waals surface area contributed by atoms with Crippen LogP contribution in [-0.4, -0.2) is 86.9 Å². The molecule has 0 aromatic carbocycles. The van der Waals surface area contributed by atoms with Gasteiger partial charge in [-0.05, 0) is 6.42 Å². The highest BCUT2D eigenvalue weighted by Crippen LogP contribution is 2.16. The zero-order chi connectivity index (χ0) is 23.8. The van der Waals surface area contributed by atoms with Gasteiger partial charge in [-0.25, -0.2) is 0 Å². The zero-order valence-corrected chi connectivity index (χ0v) is 19.2. The highest BCUT2D eigenvalue weighted by molar-refractivity contribution is 5.99. The molecule has 0 saturated heterocycles. The zero-order valence-electron chi connectivity index (χ0n) is 19.2. The van der Waals surface area contributed by atoms with Crippen molar-refractivity contribution >= 4 is 11.8 Å². The van der Waals surface area contributed by atoms with Crippen LogP contribution in [0.3, 0.4) is 0 Å². The van der Waals surface area contributed by atoms with Crippen molar-refractivity contribution in [3.05, 3.63) is 0 Å². The summed E-state index contributed by atoms with van der Waals surface area (Å²) in [5, 5.41) is 47.7. The second-order valence-corrected chi connectivity index (χ2v) is 8.44. The molecule has 0 spiro atoms. The van der Waals surface area contributed by atoms with Crippen LogP contribution in [0.4, 0.5) is 0 Å². The molecule has 0 aliphatic carbocycles. The fourth-order valence-corrected chi connectivity index (χ4v) is 3.53. The lowest BCUT2D eigenvalue weighted by Gasteiger charge is -2.29.